The molecule has 2 aromatic rings. The Balaban J connectivity index is 1.63. The van der Waals surface area contributed by atoms with Crippen LogP contribution in [0, 0.1) is 5.92 Å². The molecule has 180 valence electrons. The third kappa shape index (κ3) is 5.30. The van der Waals surface area contributed by atoms with Crippen LogP contribution in [0.1, 0.15) is 43.7 Å². The fourth-order valence-corrected chi connectivity index (χ4v) is 5.50. The first-order valence-corrected chi connectivity index (χ1v) is 13.2. The van der Waals surface area contributed by atoms with E-state index in [9.17, 15) is 17.6 Å². The Bertz CT molecular complexity index is 1190. The molecule has 2 fully saturated rings. The Morgan fingerprint density at radius 3 is 2.73 bits per heavy atom. The van der Waals surface area contributed by atoms with E-state index in [0.29, 0.717) is 30.7 Å². The minimum atomic E-state index is -3.42. The highest BCUT2D eigenvalue weighted by Crippen LogP contribution is 2.31. The number of hydrogen-bond acceptors (Lipinski definition) is 7. The van der Waals surface area contributed by atoms with Crippen molar-refractivity contribution in [2.75, 3.05) is 33.1 Å². The van der Waals surface area contributed by atoms with Gasteiger partial charge in [-0.3, -0.25) is 9.36 Å². The first-order valence-electron chi connectivity index (χ1n) is 11.3. The van der Waals surface area contributed by atoms with Gasteiger partial charge in [0.1, 0.15) is 11.8 Å². The van der Waals surface area contributed by atoms with Gasteiger partial charge in [-0.05, 0) is 25.3 Å². The Hall–Kier alpha value is -2.24. The number of rotatable bonds is 7. The molecule has 0 bridgehead atoms. The maximum atomic E-state index is 14.6. The lowest BCUT2D eigenvalue weighted by atomic mass is 9.98. The summed E-state index contributed by atoms with van der Waals surface area (Å²) in [5, 5.41) is 0.761. The maximum Gasteiger partial charge on any atom is 0.255 e. The van der Waals surface area contributed by atoms with Crippen LogP contribution in [0.15, 0.2) is 22.1 Å². The lowest BCUT2D eigenvalue weighted by Gasteiger charge is -2.31. The molecule has 2 aliphatic rings. The van der Waals surface area contributed by atoms with Crippen molar-refractivity contribution >= 4 is 33.2 Å². The van der Waals surface area contributed by atoms with Crippen LogP contribution in [0.4, 0.5) is 10.3 Å². The lowest BCUT2D eigenvalue weighted by molar-refractivity contribution is 0.173. The molecule has 1 saturated carbocycles. The molecule has 2 atom stereocenters. The third-order valence-electron chi connectivity index (χ3n) is 6.50. The minimum absolute atomic E-state index is 0.0583. The zero-order valence-corrected chi connectivity index (χ0v) is 19.8. The molecule has 1 saturated heterocycles. The van der Waals surface area contributed by atoms with E-state index in [1.807, 2.05) is 6.07 Å². The van der Waals surface area contributed by atoms with Crippen molar-refractivity contribution in [1.29, 1.82) is 0 Å². The van der Waals surface area contributed by atoms with E-state index in [-0.39, 0.29) is 30.6 Å². The summed E-state index contributed by atoms with van der Waals surface area (Å²) in [6, 6.07) is 1.90. The summed E-state index contributed by atoms with van der Waals surface area (Å²) in [5.74, 6) is -0.355. The van der Waals surface area contributed by atoms with Gasteiger partial charge in [0.2, 0.25) is 10.0 Å². The molecular formula is C22H30FN5O4S. The molecule has 9 nitrogen and oxygen atoms in total. The van der Waals surface area contributed by atoms with Gasteiger partial charge in [-0.25, -0.2) is 22.8 Å². The van der Waals surface area contributed by atoms with Gasteiger partial charge in [0.05, 0.1) is 12.9 Å². The van der Waals surface area contributed by atoms with Gasteiger partial charge < -0.3 is 4.74 Å². The number of nitrogens with zero attached hydrogens (tertiary/aromatic N) is 5. The monoisotopic (exact) mass is 479 g/mol. The van der Waals surface area contributed by atoms with E-state index in [0.717, 1.165) is 41.6 Å². The average molecular weight is 480 g/mol. The largest absolute Gasteiger partial charge is 0.384 e. The third-order valence-corrected chi connectivity index (χ3v) is 7.77. The first-order chi connectivity index (χ1) is 15.8. The number of aromatic nitrogens is 3. The Morgan fingerprint density at radius 1 is 1.30 bits per heavy atom. The van der Waals surface area contributed by atoms with Gasteiger partial charge in [0.25, 0.3) is 11.5 Å². The number of pyridine rings is 1. The Morgan fingerprint density at radius 2 is 2.06 bits per heavy atom. The molecule has 0 spiro atoms. The molecule has 0 radical (unpaired) electrons. The van der Waals surface area contributed by atoms with E-state index >= 15 is 0 Å². The predicted octanol–water partition coefficient (Wildman–Crippen LogP) is 2.42. The minimum Gasteiger partial charge on any atom is -0.384 e. The predicted molar refractivity (Wildman–Crippen MR) is 124 cm³/mol. The number of sulfonamides is 1. The van der Waals surface area contributed by atoms with Gasteiger partial charge in [-0.15, -0.1) is 0 Å². The van der Waals surface area contributed by atoms with E-state index < -0.39 is 22.1 Å². The van der Waals surface area contributed by atoms with Crippen molar-refractivity contribution in [2.24, 2.45) is 10.9 Å². The van der Waals surface area contributed by atoms with Crippen molar-refractivity contribution in [3.63, 3.8) is 0 Å². The average Bonchev–Trinajstić information content (AvgIpc) is 3.30. The summed E-state index contributed by atoms with van der Waals surface area (Å²) in [7, 11) is -1.81. The quantitative estimate of drug-likeness (QED) is 0.565. The zero-order valence-electron chi connectivity index (χ0n) is 19.0. The molecule has 2 aromatic heterocycles. The SMILES string of the molecule is COCCc1cc2cnc(/N=C/[C@@H]3CCN(S(C)(=O)=O)C[C@H]3F)nc2n(C2CCCC2)c1=O. The molecule has 4 rings (SSSR count). The molecule has 0 amide bonds. The fourth-order valence-electron chi connectivity index (χ4n) is 4.65. The van der Waals surface area contributed by atoms with E-state index in [4.69, 9.17) is 4.74 Å². The van der Waals surface area contributed by atoms with Crippen molar-refractivity contribution in [3.8, 4) is 0 Å². The van der Waals surface area contributed by atoms with Crippen LogP contribution >= 0.6 is 0 Å². The first kappa shape index (κ1) is 23.9. The van der Waals surface area contributed by atoms with Crippen LogP contribution < -0.4 is 5.56 Å². The summed E-state index contributed by atoms with van der Waals surface area (Å²) in [4.78, 5) is 26.4. The summed E-state index contributed by atoms with van der Waals surface area (Å²) in [6.07, 6.45) is 7.69. The number of ether oxygens (including phenoxy) is 1. The molecule has 0 unspecified atom stereocenters. The topological polar surface area (TPSA) is 107 Å². The number of fused-ring (bicyclic) bond motifs is 1. The van der Waals surface area contributed by atoms with Crippen LogP contribution in [0.2, 0.25) is 0 Å². The lowest BCUT2D eigenvalue weighted by Crippen LogP contribution is -2.44. The summed E-state index contributed by atoms with van der Waals surface area (Å²) >= 11 is 0. The number of methoxy groups -OCH3 is 1. The van der Waals surface area contributed by atoms with Gasteiger partial charge in [-0.1, -0.05) is 12.8 Å². The van der Waals surface area contributed by atoms with Gasteiger partial charge in [0.15, 0.2) is 0 Å². The summed E-state index contributed by atoms with van der Waals surface area (Å²) in [5.41, 5.74) is 1.16. The van der Waals surface area contributed by atoms with Crippen LogP contribution in [0.5, 0.6) is 0 Å². The van der Waals surface area contributed by atoms with E-state index in [1.165, 1.54) is 6.21 Å². The summed E-state index contributed by atoms with van der Waals surface area (Å²) in [6.45, 7) is 0.525. The molecule has 11 heteroatoms. The zero-order chi connectivity index (χ0) is 23.6. The van der Waals surface area contributed by atoms with Gasteiger partial charge in [0, 0.05) is 61.9 Å². The van der Waals surface area contributed by atoms with Gasteiger partial charge >= 0.3 is 0 Å². The van der Waals surface area contributed by atoms with E-state index in [1.54, 1.807) is 17.9 Å². The second-order valence-electron chi connectivity index (χ2n) is 8.84. The van der Waals surface area contributed by atoms with E-state index in [2.05, 4.69) is 15.0 Å². The Kier molecular flexibility index (Phi) is 7.20. The van der Waals surface area contributed by atoms with Crippen molar-refractivity contribution in [3.05, 3.63) is 28.2 Å². The normalized spacial score (nSPS) is 23.1. The van der Waals surface area contributed by atoms with Crippen molar-refractivity contribution in [2.45, 2.75) is 50.7 Å². The highest BCUT2D eigenvalue weighted by atomic mass is 32.2. The second kappa shape index (κ2) is 9.94. The van der Waals surface area contributed by atoms with Crippen LogP contribution in [-0.4, -0.2) is 72.7 Å². The van der Waals surface area contributed by atoms with Crippen LogP contribution in [-0.2, 0) is 21.2 Å². The molecular weight excluding hydrogens is 449 g/mol. The van der Waals surface area contributed by atoms with Crippen molar-refractivity contribution in [1.82, 2.24) is 18.8 Å². The van der Waals surface area contributed by atoms with Crippen molar-refractivity contribution < 1.29 is 17.5 Å². The molecule has 1 aliphatic heterocycles. The highest BCUT2D eigenvalue weighted by Gasteiger charge is 2.32. The smallest absolute Gasteiger partial charge is 0.255 e. The molecule has 3 heterocycles. The Labute approximate surface area is 192 Å². The molecule has 0 aromatic carbocycles. The number of aliphatic imine (C=N–C) groups is 1. The maximum absolute atomic E-state index is 14.6. The fraction of sp³-hybridized carbons (Fsp3) is 0.636. The molecule has 33 heavy (non-hydrogen) atoms. The molecule has 1 aliphatic carbocycles. The van der Waals surface area contributed by atoms with Crippen LogP contribution in [0.3, 0.4) is 0 Å². The highest BCUT2D eigenvalue weighted by molar-refractivity contribution is 7.88. The van der Waals surface area contributed by atoms with Gasteiger partial charge in [-0.2, -0.15) is 9.29 Å². The van der Waals surface area contributed by atoms with Crippen LogP contribution in [0.25, 0.3) is 11.0 Å². The summed E-state index contributed by atoms with van der Waals surface area (Å²) < 4.78 is 46.0. The number of halogens is 1. The number of hydrogen-bond donors (Lipinski definition) is 0. The number of alkyl halides is 1. The number of piperidine rings is 1. The standard InChI is InChI=1S/C22H30FN5O4S/c1-32-10-8-15-11-17-13-25-22(26-20(17)28(21(15)29)18-5-3-4-6-18)24-12-16-7-9-27(14-19(16)23)33(2,30)31/h11-13,16,18-19H,3-10,14H2,1-2H3/b24-12+/t16-,19+/m0/s1. The molecule has 0 N–H and O–H groups in total. The second-order valence-corrected chi connectivity index (χ2v) is 10.8.